The van der Waals surface area contributed by atoms with Gasteiger partial charge in [0.1, 0.15) is 35.9 Å². The molecule has 7 nitrogen and oxygen atoms in total. The van der Waals surface area contributed by atoms with Crippen molar-refractivity contribution >= 4 is 12.2 Å². The Hall–Kier alpha value is -2.42. The number of rotatable bonds is 5. The Kier molecular flexibility index (Phi) is 6.10. The third-order valence-corrected chi connectivity index (χ3v) is 4.28. The summed E-state index contributed by atoms with van der Waals surface area (Å²) in [5, 5.41) is 48.9. The van der Waals surface area contributed by atoms with Gasteiger partial charge in [-0.1, -0.05) is 42.5 Å². The Balaban J connectivity index is 1.77. The van der Waals surface area contributed by atoms with Crippen LogP contribution in [0.4, 0.5) is 0 Å². The summed E-state index contributed by atoms with van der Waals surface area (Å²) in [7, 11) is 0. The number of aliphatic hydroxyl groups excluding tert-OH is 4. The topological polar surface area (TPSA) is 120 Å². The van der Waals surface area contributed by atoms with Crippen molar-refractivity contribution in [2.24, 2.45) is 0 Å². The van der Waals surface area contributed by atoms with Gasteiger partial charge < -0.3 is 35.0 Å². The Labute approximate surface area is 156 Å². The van der Waals surface area contributed by atoms with Crippen molar-refractivity contribution < 1.29 is 35.0 Å². The summed E-state index contributed by atoms with van der Waals surface area (Å²) in [4.78, 5) is 0. The van der Waals surface area contributed by atoms with Crippen LogP contribution in [0.5, 0.6) is 11.5 Å². The van der Waals surface area contributed by atoms with Crippen LogP contribution in [0.15, 0.2) is 48.5 Å². The fourth-order valence-electron chi connectivity index (χ4n) is 2.83. The minimum absolute atomic E-state index is 0.0511. The van der Waals surface area contributed by atoms with Crippen LogP contribution < -0.4 is 4.74 Å². The monoisotopic (exact) mass is 374 g/mol. The van der Waals surface area contributed by atoms with E-state index in [1.807, 2.05) is 36.4 Å². The molecular formula is C20H22O7. The number of aromatic hydroxyl groups is 1. The number of benzene rings is 2. The van der Waals surface area contributed by atoms with Crippen LogP contribution in [0, 0.1) is 0 Å². The van der Waals surface area contributed by atoms with Crippen molar-refractivity contribution in [3.63, 3.8) is 0 Å². The van der Waals surface area contributed by atoms with E-state index in [4.69, 9.17) is 9.47 Å². The Bertz CT molecular complexity index is 775. The third-order valence-electron chi connectivity index (χ3n) is 4.28. The average Bonchev–Trinajstić information content (AvgIpc) is 2.67. The highest BCUT2D eigenvalue weighted by Gasteiger charge is 2.44. The van der Waals surface area contributed by atoms with E-state index in [9.17, 15) is 25.5 Å². The predicted octanol–water partition coefficient (Wildman–Crippen LogP) is 0.741. The van der Waals surface area contributed by atoms with E-state index in [2.05, 4.69) is 0 Å². The number of hydrogen-bond acceptors (Lipinski definition) is 7. The van der Waals surface area contributed by atoms with Gasteiger partial charge in [0.05, 0.1) is 6.61 Å². The summed E-state index contributed by atoms with van der Waals surface area (Å²) in [6, 6.07) is 14.1. The first-order valence-electron chi connectivity index (χ1n) is 8.52. The van der Waals surface area contributed by atoms with Crippen LogP contribution in [0.25, 0.3) is 12.2 Å². The lowest BCUT2D eigenvalue weighted by Crippen LogP contribution is -2.60. The smallest absolute Gasteiger partial charge is 0.229 e. The maximum atomic E-state index is 10.1. The molecule has 3 rings (SSSR count). The largest absolute Gasteiger partial charge is 0.508 e. The van der Waals surface area contributed by atoms with Gasteiger partial charge >= 0.3 is 0 Å². The van der Waals surface area contributed by atoms with E-state index in [1.165, 1.54) is 6.07 Å². The lowest BCUT2D eigenvalue weighted by molar-refractivity contribution is -0.277. The van der Waals surface area contributed by atoms with Gasteiger partial charge in [0.15, 0.2) is 0 Å². The Morgan fingerprint density at radius 2 is 1.59 bits per heavy atom. The maximum Gasteiger partial charge on any atom is 0.229 e. The van der Waals surface area contributed by atoms with Gasteiger partial charge in [-0.15, -0.1) is 0 Å². The molecular weight excluding hydrogens is 352 g/mol. The lowest BCUT2D eigenvalue weighted by Gasteiger charge is -2.39. The summed E-state index contributed by atoms with van der Waals surface area (Å²) in [6.07, 6.45) is -3.24. The molecule has 5 N–H and O–H groups in total. The minimum Gasteiger partial charge on any atom is -0.508 e. The number of hydrogen-bond donors (Lipinski definition) is 5. The average molecular weight is 374 g/mol. The van der Waals surface area contributed by atoms with Crippen molar-refractivity contribution in [1.29, 1.82) is 0 Å². The highest BCUT2D eigenvalue weighted by molar-refractivity contribution is 5.70. The van der Waals surface area contributed by atoms with Gasteiger partial charge in [-0.2, -0.15) is 0 Å². The number of phenols is 1. The molecule has 0 aromatic heterocycles. The van der Waals surface area contributed by atoms with Crippen molar-refractivity contribution in [1.82, 2.24) is 0 Å². The van der Waals surface area contributed by atoms with Gasteiger partial charge in [-0.25, -0.2) is 0 Å². The van der Waals surface area contributed by atoms with Crippen molar-refractivity contribution in [2.75, 3.05) is 6.61 Å². The van der Waals surface area contributed by atoms with Crippen LogP contribution >= 0.6 is 0 Å². The SMILES string of the molecule is OC[C@H]1O[C@@H](Oc2cc(O)cc(/C=C/c3ccccc3)c2)[C@H](O)[C@@H](O)[C@@H]1O. The zero-order valence-electron chi connectivity index (χ0n) is 14.4. The van der Waals surface area contributed by atoms with E-state index in [0.717, 1.165) is 5.56 Å². The number of phenolic OH excluding ortho intramolecular Hbond substituents is 1. The molecule has 0 radical (unpaired) electrons. The molecule has 0 saturated carbocycles. The standard InChI is InChI=1S/C20H22O7/c21-11-16-17(23)18(24)19(25)20(27-16)26-15-9-13(8-14(22)10-15)7-6-12-4-2-1-3-5-12/h1-10,16-25H,11H2/b7-6+/t16-,17-,18+,19-,20-/m1/s1. The van der Waals surface area contributed by atoms with Crippen LogP contribution in [0.2, 0.25) is 0 Å². The van der Waals surface area contributed by atoms with Gasteiger partial charge in [0, 0.05) is 6.07 Å². The normalized spacial score (nSPS) is 28.4. The number of aliphatic hydroxyl groups is 4. The van der Waals surface area contributed by atoms with E-state index < -0.39 is 37.3 Å². The summed E-state index contributed by atoms with van der Waals surface area (Å²) in [6.45, 7) is -0.546. The predicted molar refractivity (Wildman–Crippen MR) is 97.9 cm³/mol. The molecule has 1 fully saturated rings. The van der Waals surface area contributed by atoms with Crippen molar-refractivity contribution in [3.8, 4) is 11.5 Å². The summed E-state index contributed by atoms with van der Waals surface area (Å²) < 4.78 is 10.9. The first-order valence-corrected chi connectivity index (χ1v) is 8.52. The highest BCUT2D eigenvalue weighted by Crippen LogP contribution is 2.28. The molecule has 2 aromatic carbocycles. The Morgan fingerprint density at radius 3 is 2.30 bits per heavy atom. The molecule has 5 atom stereocenters. The first kappa shape index (κ1) is 19.3. The van der Waals surface area contributed by atoms with Gasteiger partial charge in [0.25, 0.3) is 0 Å². The highest BCUT2D eigenvalue weighted by atomic mass is 16.7. The van der Waals surface area contributed by atoms with Crippen molar-refractivity contribution in [2.45, 2.75) is 30.7 Å². The molecule has 0 amide bonds. The van der Waals surface area contributed by atoms with Crippen LogP contribution in [-0.2, 0) is 4.74 Å². The Morgan fingerprint density at radius 1 is 0.889 bits per heavy atom. The summed E-state index contributed by atoms with van der Waals surface area (Å²) in [5.41, 5.74) is 1.63. The van der Waals surface area contributed by atoms with Crippen LogP contribution in [-0.4, -0.2) is 62.8 Å². The molecule has 1 aliphatic heterocycles. The molecule has 0 unspecified atom stereocenters. The molecule has 1 saturated heterocycles. The molecule has 0 aliphatic carbocycles. The molecule has 144 valence electrons. The van der Waals surface area contributed by atoms with Crippen LogP contribution in [0.3, 0.4) is 0 Å². The molecule has 1 aliphatic rings. The van der Waals surface area contributed by atoms with Gasteiger partial charge in [-0.05, 0) is 23.3 Å². The molecule has 0 bridgehead atoms. The van der Waals surface area contributed by atoms with Gasteiger partial charge in [-0.3, -0.25) is 0 Å². The fraction of sp³-hybridized carbons (Fsp3) is 0.300. The molecule has 0 spiro atoms. The second kappa shape index (κ2) is 8.51. The van der Waals surface area contributed by atoms with Crippen LogP contribution in [0.1, 0.15) is 11.1 Å². The zero-order valence-corrected chi connectivity index (χ0v) is 14.4. The molecule has 1 heterocycles. The third kappa shape index (κ3) is 4.65. The zero-order chi connectivity index (χ0) is 19.4. The van der Waals surface area contributed by atoms with E-state index >= 15 is 0 Å². The molecule has 7 heteroatoms. The minimum atomic E-state index is -1.53. The van der Waals surface area contributed by atoms with E-state index in [0.29, 0.717) is 5.56 Å². The van der Waals surface area contributed by atoms with Gasteiger partial charge in [0.2, 0.25) is 6.29 Å². The maximum absolute atomic E-state index is 10.1. The fourth-order valence-corrected chi connectivity index (χ4v) is 2.83. The molecule has 2 aromatic rings. The summed E-state index contributed by atoms with van der Waals surface area (Å²) in [5.74, 6) is 0.150. The number of ether oxygens (including phenoxy) is 2. The lowest BCUT2D eigenvalue weighted by atomic mass is 9.99. The van der Waals surface area contributed by atoms with E-state index in [-0.39, 0.29) is 11.5 Å². The first-order chi connectivity index (χ1) is 13.0. The molecule has 27 heavy (non-hydrogen) atoms. The quantitative estimate of drug-likeness (QED) is 0.490. The van der Waals surface area contributed by atoms with E-state index in [1.54, 1.807) is 18.2 Å². The second-order valence-corrected chi connectivity index (χ2v) is 6.32. The van der Waals surface area contributed by atoms with Crippen molar-refractivity contribution in [3.05, 3.63) is 59.7 Å². The second-order valence-electron chi connectivity index (χ2n) is 6.32. The summed E-state index contributed by atoms with van der Waals surface area (Å²) >= 11 is 0.